The summed E-state index contributed by atoms with van der Waals surface area (Å²) in [6.07, 6.45) is 2.96. The summed E-state index contributed by atoms with van der Waals surface area (Å²) in [6.45, 7) is 3.20. The number of hydrogen-bond acceptors (Lipinski definition) is 6. The molecule has 0 aliphatic carbocycles. The molecule has 4 rings (SSSR count). The lowest BCUT2D eigenvalue weighted by Crippen LogP contribution is -2.46. The molecule has 6 nitrogen and oxygen atoms in total. The highest BCUT2D eigenvalue weighted by Gasteiger charge is 2.26. The Morgan fingerprint density at radius 3 is 2.73 bits per heavy atom. The minimum absolute atomic E-state index is 0.0531. The molecule has 1 fully saturated rings. The van der Waals surface area contributed by atoms with Crippen molar-refractivity contribution in [2.45, 2.75) is 36.5 Å². The highest BCUT2D eigenvalue weighted by Crippen LogP contribution is 2.27. The number of likely N-dealkylation sites (tertiary alicyclic amines) is 1. The van der Waals surface area contributed by atoms with E-state index in [-0.39, 0.29) is 17.9 Å². The Hall–Kier alpha value is -2.58. The summed E-state index contributed by atoms with van der Waals surface area (Å²) in [5.74, 6) is 0.938. The first-order valence-electron chi connectivity index (χ1n) is 9.86. The summed E-state index contributed by atoms with van der Waals surface area (Å²) >= 11 is 3.26. The number of benzene rings is 1. The summed E-state index contributed by atoms with van der Waals surface area (Å²) in [5, 5.41) is 6.25. The van der Waals surface area contributed by atoms with Crippen molar-refractivity contribution in [2.24, 2.45) is 0 Å². The molecule has 1 aromatic carbocycles. The fraction of sp³-hybridized carbons (Fsp3) is 0.318. The molecule has 0 spiro atoms. The van der Waals surface area contributed by atoms with E-state index in [1.165, 1.54) is 6.26 Å². The van der Waals surface area contributed by atoms with Gasteiger partial charge in [0.05, 0.1) is 22.5 Å². The molecule has 0 radical (unpaired) electrons. The van der Waals surface area contributed by atoms with Crippen LogP contribution in [-0.4, -0.2) is 40.8 Å². The number of furan rings is 1. The smallest absolute Gasteiger partial charge is 0.289 e. The van der Waals surface area contributed by atoms with Crippen molar-refractivity contribution in [3.63, 3.8) is 0 Å². The molecule has 1 saturated heterocycles. The average molecular weight is 442 g/mol. The van der Waals surface area contributed by atoms with Gasteiger partial charge in [-0.3, -0.25) is 9.59 Å². The Balaban J connectivity index is 1.33. The quantitative estimate of drug-likeness (QED) is 0.575. The van der Waals surface area contributed by atoms with Crippen molar-refractivity contribution in [2.75, 3.05) is 13.1 Å². The van der Waals surface area contributed by atoms with Crippen LogP contribution in [0.2, 0.25) is 0 Å². The Bertz CT molecular complexity index is 1010. The number of rotatable bonds is 6. The molecular weight excluding hydrogens is 418 g/mol. The number of aromatic nitrogens is 1. The molecular formula is C22H23N3O3S2. The second kappa shape index (κ2) is 9.49. The van der Waals surface area contributed by atoms with Crippen molar-refractivity contribution < 1.29 is 14.0 Å². The Labute approximate surface area is 183 Å². The third kappa shape index (κ3) is 4.94. The minimum atomic E-state index is -0.0937. The van der Waals surface area contributed by atoms with E-state index in [0.717, 1.165) is 34.2 Å². The molecule has 30 heavy (non-hydrogen) atoms. The van der Waals surface area contributed by atoms with Gasteiger partial charge in [-0.15, -0.1) is 23.1 Å². The standard InChI is InChI=1S/C22H23N3O3S2/c1-15-23-17(13-29-15)14-30-20-7-3-2-5-18(20)21(26)24-16-8-10-25(11-9-16)22(27)19-6-4-12-28-19/h2-7,12-13,16H,8-11,14H2,1H3,(H,24,26). The van der Waals surface area contributed by atoms with Crippen LogP contribution in [0.3, 0.4) is 0 Å². The summed E-state index contributed by atoms with van der Waals surface area (Å²) < 4.78 is 5.20. The van der Waals surface area contributed by atoms with E-state index >= 15 is 0 Å². The lowest BCUT2D eigenvalue weighted by atomic mass is 10.0. The van der Waals surface area contributed by atoms with Gasteiger partial charge in [0.2, 0.25) is 0 Å². The zero-order valence-electron chi connectivity index (χ0n) is 16.7. The van der Waals surface area contributed by atoms with Gasteiger partial charge in [0.25, 0.3) is 11.8 Å². The molecule has 0 unspecified atom stereocenters. The third-order valence-electron chi connectivity index (χ3n) is 5.02. The molecule has 1 aliphatic heterocycles. The van der Waals surface area contributed by atoms with Crippen LogP contribution >= 0.6 is 23.1 Å². The number of piperidine rings is 1. The SMILES string of the molecule is Cc1nc(CSc2ccccc2C(=O)NC2CCN(C(=O)c3ccco3)CC2)cs1. The first kappa shape index (κ1) is 20.7. The molecule has 3 aromatic rings. The monoisotopic (exact) mass is 441 g/mol. The van der Waals surface area contributed by atoms with Gasteiger partial charge in [-0.05, 0) is 44.0 Å². The second-order valence-corrected chi connectivity index (χ2v) is 9.24. The molecule has 3 heterocycles. The van der Waals surface area contributed by atoms with Crippen LogP contribution in [0, 0.1) is 6.92 Å². The van der Waals surface area contributed by atoms with Crippen LogP contribution in [0.1, 0.15) is 44.5 Å². The molecule has 0 bridgehead atoms. The van der Waals surface area contributed by atoms with Gasteiger partial charge in [0.1, 0.15) is 0 Å². The number of thiazole rings is 1. The van der Waals surface area contributed by atoms with Gasteiger partial charge in [-0.2, -0.15) is 0 Å². The summed E-state index contributed by atoms with van der Waals surface area (Å²) in [5.41, 5.74) is 1.72. The predicted molar refractivity (Wildman–Crippen MR) is 118 cm³/mol. The Morgan fingerprint density at radius 1 is 1.23 bits per heavy atom. The first-order chi connectivity index (χ1) is 14.6. The van der Waals surface area contributed by atoms with Gasteiger partial charge >= 0.3 is 0 Å². The number of amides is 2. The average Bonchev–Trinajstić information content (AvgIpc) is 3.44. The number of hydrogen-bond donors (Lipinski definition) is 1. The molecule has 0 atom stereocenters. The van der Waals surface area contributed by atoms with Gasteiger partial charge in [-0.1, -0.05) is 12.1 Å². The molecule has 1 aliphatic rings. The van der Waals surface area contributed by atoms with E-state index in [1.807, 2.05) is 31.2 Å². The van der Waals surface area contributed by atoms with E-state index in [0.29, 0.717) is 24.4 Å². The largest absolute Gasteiger partial charge is 0.459 e. The number of nitrogens with one attached hydrogen (secondary N) is 1. The summed E-state index contributed by atoms with van der Waals surface area (Å²) in [4.78, 5) is 32.5. The molecule has 156 valence electrons. The van der Waals surface area contributed by atoms with E-state index in [1.54, 1.807) is 40.1 Å². The number of nitrogens with zero attached hydrogens (tertiary/aromatic N) is 2. The van der Waals surface area contributed by atoms with Crippen LogP contribution < -0.4 is 5.32 Å². The number of thioether (sulfide) groups is 1. The molecule has 2 amide bonds. The normalized spacial score (nSPS) is 14.6. The zero-order chi connectivity index (χ0) is 20.9. The van der Waals surface area contributed by atoms with Gasteiger partial charge in [0, 0.05) is 35.2 Å². The first-order valence-corrected chi connectivity index (χ1v) is 11.7. The molecule has 2 aromatic heterocycles. The highest BCUT2D eigenvalue weighted by molar-refractivity contribution is 7.98. The van der Waals surface area contributed by atoms with E-state index in [9.17, 15) is 9.59 Å². The van der Waals surface area contributed by atoms with Crippen LogP contribution in [0.5, 0.6) is 0 Å². The van der Waals surface area contributed by atoms with Crippen molar-refractivity contribution in [1.29, 1.82) is 0 Å². The molecule has 1 N–H and O–H groups in total. The Kier molecular flexibility index (Phi) is 6.54. The lowest BCUT2D eigenvalue weighted by Gasteiger charge is -2.32. The van der Waals surface area contributed by atoms with Crippen LogP contribution in [0.25, 0.3) is 0 Å². The Morgan fingerprint density at radius 2 is 2.03 bits per heavy atom. The van der Waals surface area contributed by atoms with Gasteiger partial charge in [0.15, 0.2) is 5.76 Å². The summed E-state index contributed by atoms with van der Waals surface area (Å²) in [7, 11) is 0. The van der Waals surface area contributed by atoms with Crippen molar-refractivity contribution in [1.82, 2.24) is 15.2 Å². The van der Waals surface area contributed by atoms with Crippen molar-refractivity contribution >= 4 is 34.9 Å². The fourth-order valence-corrected chi connectivity index (χ4v) is 5.11. The number of aryl methyl sites for hydroxylation is 1. The topological polar surface area (TPSA) is 75.4 Å². The summed E-state index contributed by atoms with van der Waals surface area (Å²) in [6, 6.07) is 11.1. The fourth-order valence-electron chi connectivity index (χ4n) is 3.45. The van der Waals surface area contributed by atoms with Gasteiger partial charge in [-0.25, -0.2) is 4.98 Å². The maximum absolute atomic E-state index is 12.9. The van der Waals surface area contributed by atoms with Crippen LogP contribution in [-0.2, 0) is 5.75 Å². The predicted octanol–water partition coefficient (Wildman–Crippen LogP) is 4.37. The van der Waals surface area contributed by atoms with E-state index in [2.05, 4.69) is 15.7 Å². The van der Waals surface area contributed by atoms with Crippen LogP contribution in [0.15, 0.2) is 57.4 Å². The maximum Gasteiger partial charge on any atom is 0.289 e. The minimum Gasteiger partial charge on any atom is -0.459 e. The van der Waals surface area contributed by atoms with E-state index in [4.69, 9.17) is 4.42 Å². The zero-order valence-corrected chi connectivity index (χ0v) is 18.3. The molecule has 8 heteroatoms. The third-order valence-corrected chi connectivity index (χ3v) is 6.95. The van der Waals surface area contributed by atoms with Gasteiger partial charge < -0.3 is 14.6 Å². The number of carbonyl (C=O) groups is 2. The highest BCUT2D eigenvalue weighted by atomic mass is 32.2. The van der Waals surface area contributed by atoms with Crippen molar-refractivity contribution in [3.05, 3.63) is 70.1 Å². The van der Waals surface area contributed by atoms with Crippen LogP contribution in [0.4, 0.5) is 0 Å². The second-order valence-electron chi connectivity index (χ2n) is 7.16. The lowest BCUT2D eigenvalue weighted by molar-refractivity contribution is 0.0667. The maximum atomic E-state index is 12.9. The molecule has 0 saturated carbocycles. The van der Waals surface area contributed by atoms with Crippen molar-refractivity contribution in [3.8, 4) is 0 Å². The number of carbonyl (C=O) groups excluding carboxylic acids is 2. The van der Waals surface area contributed by atoms with E-state index < -0.39 is 0 Å².